The summed E-state index contributed by atoms with van der Waals surface area (Å²) in [6, 6.07) is 0. The number of hydrogen-bond donors (Lipinski definition) is 0. The summed E-state index contributed by atoms with van der Waals surface area (Å²) in [5.74, 6) is 3.64. The number of rotatable bonds is 6. The van der Waals surface area contributed by atoms with Crippen LogP contribution in [0, 0.1) is 5.92 Å². The largest absolute Gasteiger partial charge is 0.162 e. The van der Waals surface area contributed by atoms with Crippen molar-refractivity contribution in [3.05, 3.63) is 0 Å². The van der Waals surface area contributed by atoms with Crippen LogP contribution in [0.5, 0.6) is 0 Å². The molecule has 0 aromatic rings. The zero-order valence-electron chi connectivity index (χ0n) is 7.52. The minimum absolute atomic E-state index is 0.935. The lowest BCUT2D eigenvalue weighted by molar-refractivity contribution is 0.549. The Labute approximate surface area is 69.8 Å². The van der Waals surface area contributed by atoms with Gasteiger partial charge in [0.15, 0.2) is 0 Å². The summed E-state index contributed by atoms with van der Waals surface area (Å²) in [6.07, 6.45) is 4.07. The lowest BCUT2D eigenvalue weighted by Gasteiger charge is -2.06. The molecule has 0 aliphatic carbocycles. The topological polar surface area (TPSA) is 0 Å². The number of hydrogen-bond acceptors (Lipinski definition) is 1. The molecule has 0 aromatic carbocycles. The Hall–Kier alpha value is 0.350. The summed E-state index contributed by atoms with van der Waals surface area (Å²) >= 11 is 2.10. The molecule has 0 rings (SSSR count). The van der Waals surface area contributed by atoms with Gasteiger partial charge in [-0.3, -0.25) is 0 Å². The summed E-state index contributed by atoms with van der Waals surface area (Å²) in [5.41, 5.74) is 0. The van der Waals surface area contributed by atoms with Crippen molar-refractivity contribution in [2.24, 2.45) is 5.92 Å². The summed E-state index contributed by atoms with van der Waals surface area (Å²) in [4.78, 5) is 0. The Morgan fingerprint density at radius 1 is 1.20 bits per heavy atom. The van der Waals surface area contributed by atoms with E-state index in [0.29, 0.717) is 0 Å². The van der Waals surface area contributed by atoms with Gasteiger partial charge in [0.2, 0.25) is 0 Å². The van der Waals surface area contributed by atoms with E-state index < -0.39 is 0 Å². The molecule has 0 saturated heterocycles. The van der Waals surface area contributed by atoms with Gasteiger partial charge in [-0.05, 0) is 30.3 Å². The third kappa shape index (κ3) is 6.47. The third-order valence-corrected chi connectivity index (χ3v) is 3.02. The zero-order chi connectivity index (χ0) is 7.82. The summed E-state index contributed by atoms with van der Waals surface area (Å²) in [6.45, 7) is 6.86. The van der Waals surface area contributed by atoms with Crippen LogP contribution in [0.15, 0.2) is 0 Å². The van der Waals surface area contributed by atoms with Crippen LogP contribution in [0.3, 0.4) is 0 Å². The van der Waals surface area contributed by atoms with E-state index in [-0.39, 0.29) is 0 Å². The molecular formula is C9H20S. The van der Waals surface area contributed by atoms with Gasteiger partial charge in [0.25, 0.3) is 0 Å². The predicted octanol–water partition coefficient (Wildman–Crippen LogP) is 3.57. The van der Waals surface area contributed by atoms with E-state index in [1.165, 1.54) is 30.8 Å². The molecule has 0 N–H and O–H groups in total. The van der Waals surface area contributed by atoms with Gasteiger partial charge >= 0.3 is 0 Å². The van der Waals surface area contributed by atoms with Gasteiger partial charge in [-0.15, -0.1) is 0 Å². The van der Waals surface area contributed by atoms with Gasteiger partial charge < -0.3 is 0 Å². The number of thioether (sulfide) groups is 1. The molecule has 0 fully saturated rings. The maximum Gasteiger partial charge on any atom is -0.00650 e. The maximum absolute atomic E-state index is 2.34. The fourth-order valence-corrected chi connectivity index (χ4v) is 1.80. The smallest absolute Gasteiger partial charge is 0.00650 e. The van der Waals surface area contributed by atoms with Crippen LogP contribution >= 0.6 is 11.8 Å². The van der Waals surface area contributed by atoms with Gasteiger partial charge in [0.05, 0.1) is 0 Å². The first-order chi connectivity index (χ1) is 4.81. The summed E-state index contributed by atoms with van der Waals surface area (Å²) in [7, 11) is 0. The fraction of sp³-hybridized carbons (Fsp3) is 1.00. The monoisotopic (exact) mass is 160 g/mol. The maximum atomic E-state index is 2.34. The van der Waals surface area contributed by atoms with Crippen molar-refractivity contribution in [3.63, 3.8) is 0 Å². The average Bonchev–Trinajstić information content (AvgIpc) is 1.98. The van der Waals surface area contributed by atoms with Crippen molar-refractivity contribution in [2.75, 3.05) is 11.5 Å². The Bertz CT molecular complexity index is 61.7. The van der Waals surface area contributed by atoms with Gasteiger partial charge in [-0.1, -0.05) is 27.2 Å². The first kappa shape index (κ1) is 10.3. The van der Waals surface area contributed by atoms with Crippen LogP contribution in [0.4, 0.5) is 0 Å². The van der Waals surface area contributed by atoms with Gasteiger partial charge in [0, 0.05) is 0 Å². The van der Waals surface area contributed by atoms with Crippen LogP contribution < -0.4 is 0 Å². The fourth-order valence-electron chi connectivity index (χ4n) is 0.735. The summed E-state index contributed by atoms with van der Waals surface area (Å²) in [5, 5.41) is 0. The average molecular weight is 160 g/mol. The van der Waals surface area contributed by atoms with Gasteiger partial charge in [0.1, 0.15) is 0 Å². The van der Waals surface area contributed by atoms with Crippen molar-refractivity contribution in [1.82, 2.24) is 0 Å². The first-order valence-electron chi connectivity index (χ1n) is 4.39. The van der Waals surface area contributed by atoms with E-state index >= 15 is 0 Å². The van der Waals surface area contributed by atoms with Crippen molar-refractivity contribution < 1.29 is 0 Å². The highest BCUT2D eigenvalue weighted by atomic mass is 32.2. The third-order valence-electron chi connectivity index (χ3n) is 1.80. The van der Waals surface area contributed by atoms with E-state index in [1.807, 2.05) is 0 Å². The molecular weight excluding hydrogens is 140 g/mol. The second-order valence-corrected chi connectivity index (χ2v) is 4.14. The van der Waals surface area contributed by atoms with Crippen molar-refractivity contribution in [2.45, 2.75) is 40.0 Å². The summed E-state index contributed by atoms with van der Waals surface area (Å²) < 4.78 is 0. The van der Waals surface area contributed by atoms with Gasteiger partial charge in [-0.2, -0.15) is 11.8 Å². The predicted molar refractivity (Wildman–Crippen MR) is 51.7 cm³/mol. The Balaban J connectivity index is 2.89. The van der Waals surface area contributed by atoms with E-state index in [0.717, 1.165) is 5.92 Å². The van der Waals surface area contributed by atoms with E-state index in [4.69, 9.17) is 0 Å². The lowest BCUT2D eigenvalue weighted by atomic mass is 10.1. The van der Waals surface area contributed by atoms with Crippen LogP contribution in [-0.2, 0) is 0 Å². The molecule has 1 heteroatoms. The Morgan fingerprint density at radius 2 is 1.90 bits per heavy atom. The van der Waals surface area contributed by atoms with Crippen LogP contribution in [0.25, 0.3) is 0 Å². The van der Waals surface area contributed by atoms with E-state index in [2.05, 4.69) is 32.5 Å². The van der Waals surface area contributed by atoms with Crippen LogP contribution in [0.2, 0.25) is 0 Å². The molecule has 0 aliphatic heterocycles. The molecule has 10 heavy (non-hydrogen) atoms. The van der Waals surface area contributed by atoms with Crippen LogP contribution in [-0.4, -0.2) is 11.5 Å². The second kappa shape index (κ2) is 7.46. The molecule has 1 atom stereocenters. The molecule has 1 unspecified atom stereocenters. The van der Waals surface area contributed by atoms with E-state index in [1.54, 1.807) is 0 Å². The van der Waals surface area contributed by atoms with Crippen LogP contribution in [0.1, 0.15) is 40.0 Å². The van der Waals surface area contributed by atoms with Crippen molar-refractivity contribution in [1.29, 1.82) is 0 Å². The highest BCUT2D eigenvalue weighted by Crippen LogP contribution is 2.12. The molecule has 0 radical (unpaired) electrons. The normalized spacial score (nSPS) is 13.5. The minimum Gasteiger partial charge on any atom is -0.162 e. The lowest BCUT2D eigenvalue weighted by Crippen LogP contribution is -1.94. The molecule has 0 amide bonds. The minimum atomic E-state index is 0.935. The molecule has 62 valence electrons. The SMILES string of the molecule is CCCSCCC(C)CC. The molecule has 0 bridgehead atoms. The molecule has 0 aromatic heterocycles. The Morgan fingerprint density at radius 3 is 2.40 bits per heavy atom. The quantitative estimate of drug-likeness (QED) is 0.535. The van der Waals surface area contributed by atoms with Crippen molar-refractivity contribution >= 4 is 11.8 Å². The van der Waals surface area contributed by atoms with E-state index in [9.17, 15) is 0 Å². The molecule has 0 nitrogen and oxygen atoms in total. The molecule has 0 heterocycles. The second-order valence-electron chi connectivity index (χ2n) is 2.91. The Kier molecular flexibility index (Phi) is 7.72. The zero-order valence-corrected chi connectivity index (χ0v) is 8.34. The van der Waals surface area contributed by atoms with Gasteiger partial charge in [-0.25, -0.2) is 0 Å². The molecule has 0 saturated carbocycles. The van der Waals surface area contributed by atoms with Crippen molar-refractivity contribution in [3.8, 4) is 0 Å². The highest BCUT2D eigenvalue weighted by Gasteiger charge is 1.96. The first-order valence-corrected chi connectivity index (χ1v) is 5.54. The highest BCUT2D eigenvalue weighted by molar-refractivity contribution is 7.99. The molecule has 0 spiro atoms. The standard InChI is InChI=1S/C9H20S/c1-4-7-10-8-6-9(3)5-2/h9H,4-8H2,1-3H3. The molecule has 0 aliphatic rings.